The Labute approximate surface area is 88.8 Å². The van der Waals surface area contributed by atoms with Gasteiger partial charge in [0.15, 0.2) is 0 Å². The zero-order valence-corrected chi connectivity index (χ0v) is 8.97. The monoisotopic (exact) mass is 212 g/mol. The van der Waals surface area contributed by atoms with E-state index in [1.54, 1.807) is 25.1 Å². The van der Waals surface area contributed by atoms with Crippen molar-refractivity contribution in [2.75, 3.05) is 27.3 Å². The van der Waals surface area contributed by atoms with E-state index in [0.717, 1.165) is 0 Å². The van der Waals surface area contributed by atoms with E-state index >= 15 is 0 Å². The average Bonchev–Trinajstić information content (AvgIpc) is 2.69. The molecule has 0 saturated carbocycles. The Balaban J connectivity index is 2.47. The number of hydrogen-bond acceptors (Lipinski definition) is 4. The molecule has 0 fully saturated rings. The molecule has 15 heavy (non-hydrogen) atoms. The fourth-order valence-corrected chi connectivity index (χ4v) is 1.31. The van der Waals surface area contributed by atoms with Crippen LogP contribution in [0, 0.1) is 0 Å². The summed E-state index contributed by atoms with van der Waals surface area (Å²) < 4.78 is 9.73. The van der Waals surface area contributed by atoms with Crippen molar-refractivity contribution in [3.8, 4) is 0 Å². The minimum atomic E-state index is -0.171. The van der Waals surface area contributed by atoms with Crippen LogP contribution < -0.4 is 5.73 Å². The number of nitrogens with zero attached hydrogens (tertiary/aromatic N) is 1. The van der Waals surface area contributed by atoms with Crippen LogP contribution in [-0.4, -0.2) is 44.2 Å². The van der Waals surface area contributed by atoms with Crippen LogP contribution in [0.5, 0.6) is 0 Å². The van der Waals surface area contributed by atoms with Crippen molar-refractivity contribution in [1.82, 2.24) is 4.90 Å². The molecule has 5 heteroatoms. The van der Waals surface area contributed by atoms with Gasteiger partial charge in [0.05, 0.1) is 18.4 Å². The molecular formula is C10H16N2O3. The van der Waals surface area contributed by atoms with Gasteiger partial charge in [-0.2, -0.15) is 0 Å². The predicted octanol–water partition coefficient (Wildman–Crippen LogP) is 0.325. The molecule has 0 radical (unpaired) electrons. The van der Waals surface area contributed by atoms with Crippen molar-refractivity contribution in [2.45, 2.75) is 6.04 Å². The van der Waals surface area contributed by atoms with Gasteiger partial charge in [0.2, 0.25) is 0 Å². The number of rotatable bonds is 5. The van der Waals surface area contributed by atoms with E-state index in [-0.39, 0.29) is 11.9 Å². The van der Waals surface area contributed by atoms with Crippen LogP contribution in [0.4, 0.5) is 0 Å². The first-order valence-electron chi connectivity index (χ1n) is 4.67. The Morgan fingerprint density at radius 1 is 1.73 bits per heavy atom. The van der Waals surface area contributed by atoms with Crippen LogP contribution in [0.1, 0.15) is 10.4 Å². The second-order valence-corrected chi connectivity index (χ2v) is 3.41. The lowest BCUT2D eigenvalue weighted by atomic mass is 10.2. The highest BCUT2D eigenvalue weighted by Crippen LogP contribution is 2.04. The second-order valence-electron chi connectivity index (χ2n) is 3.41. The summed E-state index contributed by atoms with van der Waals surface area (Å²) in [7, 11) is 3.28. The molecule has 1 unspecified atom stereocenters. The van der Waals surface area contributed by atoms with Crippen molar-refractivity contribution in [3.05, 3.63) is 24.2 Å². The summed E-state index contributed by atoms with van der Waals surface area (Å²) in [6.07, 6.45) is 2.89. The number of carbonyl (C=O) groups is 1. The fourth-order valence-electron chi connectivity index (χ4n) is 1.31. The minimum Gasteiger partial charge on any atom is -0.472 e. The van der Waals surface area contributed by atoms with Gasteiger partial charge >= 0.3 is 0 Å². The number of nitrogens with two attached hydrogens (primary N) is 1. The molecule has 0 aliphatic rings. The molecule has 0 saturated heterocycles. The largest absolute Gasteiger partial charge is 0.472 e. The van der Waals surface area contributed by atoms with Crippen LogP contribution in [0.3, 0.4) is 0 Å². The lowest BCUT2D eigenvalue weighted by Gasteiger charge is -2.20. The van der Waals surface area contributed by atoms with Crippen molar-refractivity contribution >= 4 is 5.91 Å². The molecule has 0 aromatic carbocycles. The van der Waals surface area contributed by atoms with E-state index in [1.165, 1.54) is 12.5 Å². The Hall–Kier alpha value is -1.33. The smallest absolute Gasteiger partial charge is 0.256 e. The van der Waals surface area contributed by atoms with Gasteiger partial charge in [-0.05, 0) is 6.07 Å². The van der Waals surface area contributed by atoms with Gasteiger partial charge in [0.1, 0.15) is 6.26 Å². The van der Waals surface area contributed by atoms with Crippen molar-refractivity contribution in [3.63, 3.8) is 0 Å². The van der Waals surface area contributed by atoms with Gasteiger partial charge in [-0.3, -0.25) is 4.79 Å². The predicted molar refractivity (Wildman–Crippen MR) is 55.5 cm³/mol. The third-order valence-electron chi connectivity index (χ3n) is 2.00. The fraction of sp³-hybridized carbons (Fsp3) is 0.500. The van der Waals surface area contributed by atoms with E-state index in [1.807, 2.05) is 0 Å². The number of methoxy groups -OCH3 is 1. The number of furan rings is 1. The number of ether oxygens (including phenoxy) is 1. The zero-order valence-electron chi connectivity index (χ0n) is 8.97. The Morgan fingerprint density at radius 2 is 2.47 bits per heavy atom. The summed E-state index contributed by atoms with van der Waals surface area (Å²) in [4.78, 5) is 13.3. The number of hydrogen-bond donors (Lipinski definition) is 1. The van der Waals surface area contributed by atoms with Gasteiger partial charge < -0.3 is 19.8 Å². The molecule has 2 N–H and O–H groups in total. The van der Waals surface area contributed by atoms with Gasteiger partial charge in [-0.25, -0.2) is 0 Å². The summed E-state index contributed by atoms with van der Waals surface area (Å²) in [5, 5.41) is 0. The first-order chi connectivity index (χ1) is 7.15. The normalized spacial score (nSPS) is 12.5. The third-order valence-corrected chi connectivity index (χ3v) is 2.00. The van der Waals surface area contributed by atoms with E-state index < -0.39 is 0 Å². The van der Waals surface area contributed by atoms with Gasteiger partial charge in [-0.15, -0.1) is 0 Å². The van der Waals surface area contributed by atoms with E-state index in [9.17, 15) is 4.79 Å². The summed E-state index contributed by atoms with van der Waals surface area (Å²) in [5.74, 6) is -0.102. The number of carbonyl (C=O) groups excluding carboxylic acids is 1. The molecule has 1 aromatic heterocycles. The number of likely N-dealkylation sites (N-methyl/N-ethyl adjacent to an activating group) is 1. The minimum absolute atomic E-state index is 0.102. The van der Waals surface area contributed by atoms with Crippen LogP contribution in [0.15, 0.2) is 23.0 Å². The number of amides is 1. The van der Waals surface area contributed by atoms with Crippen LogP contribution in [0.25, 0.3) is 0 Å². The Kier molecular flexibility index (Phi) is 4.33. The van der Waals surface area contributed by atoms with E-state index in [4.69, 9.17) is 14.9 Å². The molecule has 84 valence electrons. The van der Waals surface area contributed by atoms with Crippen LogP contribution >= 0.6 is 0 Å². The molecule has 0 bridgehead atoms. The molecule has 1 aromatic rings. The standard InChI is InChI=1S/C10H16N2O3/c1-12(5-9(11)7-14-2)10(13)8-3-4-15-6-8/h3-4,6,9H,5,7,11H2,1-2H3. The topological polar surface area (TPSA) is 68.7 Å². The van der Waals surface area contributed by atoms with E-state index in [2.05, 4.69) is 0 Å². The highest BCUT2D eigenvalue weighted by Gasteiger charge is 2.15. The van der Waals surface area contributed by atoms with Gasteiger partial charge in [-0.1, -0.05) is 0 Å². The first-order valence-corrected chi connectivity index (χ1v) is 4.67. The van der Waals surface area contributed by atoms with Crippen LogP contribution in [-0.2, 0) is 4.74 Å². The summed E-state index contributed by atoms with van der Waals surface area (Å²) >= 11 is 0. The van der Waals surface area contributed by atoms with Crippen molar-refractivity contribution in [1.29, 1.82) is 0 Å². The third kappa shape index (κ3) is 3.38. The highest BCUT2D eigenvalue weighted by molar-refractivity contribution is 5.93. The maximum Gasteiger partial charge on any atom is 0.256 e. The van der Waals surface area contributed by atoms with Gasteiger partial charge in [0.25, 0.3) is 5.91 Å². The van der Waals surface area contributed by atoms with Crippen LogP contribution in [0.2, 0.25) is 0 Å². The molecule has 1 rings (SSSR count). The van der Waals surface area contributed by atoms with Crippen molar-refractivity contribution < 1.29 is 13.9 Å². The first kappa shape index (κ1) is 11.7. The summed E-state index contributed by atoms with van der Waals surface area (Å²) in [5.41, 5.74) is 6.26. The molecular weight excluding hydrogens is 196 g/mol. The molecule has 1 amide bonds. The molecule has 0 aliphatic carbocycles. The SMILES string of the molecule is COCC(N)CN(C)C(=O)c1ccoc1. The van der Waals surface area contributed by atoms with E-state index in [0.29, 0.717) is 18.7 Å². The maximum absolute atomic E-state index is 11.7. The lowest BCUT2D eigenvalue weighted by Crippen LogP contribution is -2.41. The molecule has 5 nitrogen and oxygen atoms in total. The van der Waals surface area contributed by atoms with Gasteiger partial charge in [0, 0.05) is 26.7 Å². The Morgan fingerprint density at radius 3 is 3.00 bits per heavy atom. The molecule has 0 aliphatic heterocycles. The van der Waals surface area contributed by atoms with Crippen molar-refractivity contribution in [2.24, 2.45) is 5.73 Å². The summed E-state index contributed by atoms with van der Waals surface area (Å²) in [6, 6.07) is 1.46. The Bertz CT molecular complexity index is 298. The average molecular weight is 212 g/mol. The quantitative estimate of drug-likeness (QED) is 0.763. The lowest BCUT2D eigenvalue weighted by molar-refractivity contribution is 0.0764. The molecule has 1 atom stereocenters. The zero-order chi connectivity index (χ0) is 11.3. The summed E-state index contributed by atoms with van der Waals surface area (Å²) in [6.45, 7) is 0.890. The molecule has 0 spiro atoms. The maximum atomic E-state index is 11.7. The second kappa shape index (κ2) is 5.53. The molecule has 1 heterocycles. The highest BCUT2D eigenvalue weighted by atomic mass is 16.5.